The zero-order valence-electron chi connectivity index (χ0n) is 14.0. The Kier molecular flexibility index (Phi) is 5.06. The molecular formula is C20H22N4. The van der Waals surface area contributed by atoms with Crippen LogP contribution in [0.3, 0.4) is 0 Å². The van der Waals surface area contributed by atoms with E-state index < -0.39 is 0 Å². The molecule has 0 saturated carbocycles. The molecule has 0 aliphatic heterocycles. The summed E-state index contributed by atoms with van der Waals surface area (Å²) < 4.78 is 0. The largest absolute Gasteiger partial charge is 0.367 e. The molecule has 0 spiro atoms. The van der Waals surface area contributed by atoms with Crippen molar-refractivity contribution in [2.24, 2.45) is 0 Å². The first-order chi connectivity index (χ1) is 11.7. The average molecular weight is 318 g/mol. The van der Waals surface area contributed by atoms with Gasteiger partial charge >= 0.3 is 0 Å². The van der Waals surface area contributed by atoms with Crippen molar-refractivity contribution in [1.82, 2.24) is 9.97 Å². The second-order valence-electron chi connectivity index (χ2n) is 5.77. The second kappa shape index (κ2) is 7.59. The van der Waals surface area contributed by atoms with E-state index in [1.165, 1.54) is 0 Å². The summed E-state index contributed by atoms with van der Waals surface area (Å²) in [5.41, 5.74) is 2.01. The summed E-state index contributed by atoms with van der Waals surface area (Å²) in [5.74, 6) is 2.32. The molecule has 4 heteroatoms. The quantitative estimate of drug-likeness (QED) is 0.664. The lowest BCUT2D eigenvalue weighted by Crippen LogP contribution is -2.15. The monoisotopic (exact) mass is 318 g/mol. The van der Waals surface area contributed by atoms with Crippen LogP contribution in [0.4, 0.5) is 17.3 Å². The number of benzene rings is 2. The summed E-state index contributed by atoms with van der Waals surface area (Å²) in [6.07, 6.45) is 1.03. The van der Waals surface area contributed by atoms with Crippen LogP contribution in [0.2, 0.25) is 0 Å². The summed E-state index contributed by atoms with van der Waals surface area (Å²) in [4.78, 5) is 9.34. The number of para-hydroxylation sites is 1. The lowest BCUT2D eigenvalue weighted by molar-refractivity contribution is 0.759. The van der Waals surface area contributed by atoms with Crippen molar-refractivity contribution in [1.29, 1.82) is 0 Å². The molecule has 0 amide bonds. The highest BCUT2D eigenvalue weighted by Gasteiger charge is 2.09. The van der Waals surface area contributed by atoms with Gasteiger partial charge in [0, 0.05) is 23.4 Å². The third kappa shape index (κ3) is 4.10. The zero-order valence-corrected chi connectivity index (χ0v) is 14.0. The van der Waals surface area contributed by atoms with Crippen LogP contribution in [0.5, 0.6) is 0 Å². The second-order valence-corrected chi connectivity index (χ2v) is 5.77. The van der Waals surface area contributed by atoms with Crippen LogP contribution in [0, 0.1) is 0 Å². The maximum atomic E-state index is 4.67. The lowest BCUT2D eigenvalue weighted by Gasteiger charge is -2.15. The lowest BCUT2D eigenvalue weighted by atomic mass is 10.2. The van der Waals surface area contributed by atoms with E-state index >= 15 is 0 Å². The molecule has 2 aromatic carbocycles. The molecule has 1 heterocycles. The van der Waals surface area contributed by atoms with Gasteiger partial charge in [-0.15, -0.1) is 0 Å². The Labute approximate surface area is 143 Å². The molecule has 3 aromatic rings. The number of rotatable bonds is 6. The summed E-state index contributed by atoms with van der Waals surface area (Å²) in [7, 11) is 0. The maximum absolute atomic E-state index is 4.67. The summed E-state index contributed by atoms with van der Waals surface area (Å²) in [5, 5.41) is 6.79. The van der Waals surface area contributed by atoms with Crippen LogP contribution < -0.4 is 10.6 Å². The van der Waals surface area contributed by atoms with Crippen LogP contribution in [0.1, 0.15) is 20.3 Å². The molecule has 3 rings (SSSR count). The van der Waals surface area contributed by atoms with E-state index in [4.69, 9.17) is 0 Å². The van der Waals surface area contributed by atoms with Gasteiger partial charge in [0.1, 0.15) is 11.6 Å². The molecule has 0 aliphatic rings. The zero-order chi connectivity index (χ0) is 16.8. The fraction of sp³-hybridized carbons (Fsp3) is 0.200. The van der Waals surface area contributed by atoms with Crippen molar-refractivity contribution in [3.05, 3.63) is 66.7 Å². The van der Waals surface area contributed by atoms with Gasteiger partial charge < -0.3 is 10.6 Å². The first-order valence-corrected chi connectivity index (χ1v) is 8.27. The molecule has 1 unspecified atom stereocenters. The number of hydrogen-bond acceptors (Lipinski definition) is 4. The average Bonchev–Trinajstić information content (AvgIpc) is 2.63. The van der Waals surface area contributed by atoms with Gasteiger partial charge in [-0.1, -0.05) is 55.5 Å². The molecule has 1 atom stereocenters. The Morgan fingerprint density at radius 3 is 2.17 bits per heavy atom. The first-order valence-electron chi connectivity index (χ1n) is 8.27. The third-order valence-electron chi connectivity index (χ3n) is 3.81. The first kappa shape index (κ1) is 16.0. The van der Waals surface area contributed by atoms with Crippen molar-refractivity contribution in [3.63, 3.8) is 0 Å². The van der Waals surface area contributed by atoms with Crippen molar-refractivity contribution in [2.45, 2.75) is 26.3 Å². The minimum atomic E-state index is 0.355. The smallest absolute Gasteiger partial charge is 0.163 e. The summed E-state index contributed by atoms with van der Waals surface area (Å²) in [6.45, 7) is 4.30. The Morgan fingerprint density at radius 1 is 0.875 bits per heavy atom. The van der Waals surface area contributed by atoms with Crippen molar-refractivity contribution in [2.75, 3.05) is 10.6 Å². The van der Waals surface area contributed by atoms with E-state index in [1.807, 2.05) is 66.7 Å². The molecule has 122 valence electrons. The Bertz CT molecular complexity index is 772. The predicted molar refractivity (Wildman–Crippen MR) is 101 cm³/mol. The van der Waals surface area contributed by atoms with Gasteiger partial charge in [-0.2, -0.15) is 0 Å². The van der Waals surface area contributed by atoms with E-state index in [0.717, 1.165) is 29.3 Å². The normalized spacial score (nSPS) is 11.8. The molecule has 4 nitrogen and oxygen atoms in total. The molecule has 0 fully saturated rings. The van der Waals surface area contributed by atoms with E-state index in [-0.39, 0.29) is 0 Å². The van der Waals surface area contributed by atoms with Crippen LogP contribution >= 0.6 is 0 Å². The molecule has 0 radical (unpaired) electrons. The molecule has 0 bridgehead atoms. The minimum Gasteiger partial charge on any atom is -0.367 e. The Morgan fingerprint density at radius 2 is 1.50 bits per heavy atom. The highest BCUT2D eigenvalue weighted by molar-refractivity contribution is 5.65. The van der Waals surface area contributed by atoms with E-state index in [9.17, 15) is 0 Å². The number of nitrogens with zero attached hydrogens (tertiary/aromatic N) is 2. The highest BCUT2D eigenvalue weighted by Crippen LogP contribution is 2.23. The van der Waals surface area contributed by atoms with Crippen LogP contribution in [0.15, 0.2) is 66.7 Å². The van der Waals surface area contributed by atoms with Gasteiger partial charge in [0.05, 0.1) is 0 Å². The van der Waals surface area contributed by atoms with Crippen molar-refractivity contribution < 1.29 is 0 Å². The van der Waals surface area contributed by atoms with Gasteiger partial charge in [0.15, 0.2) is 5.82 Å². The minimum absolute atomic E-state index is 0.355. The summed E-state index contributed by atoms with van der Waals surface area (Å²) in [6, 6.07) is 22.4. The molecular weight excluding hydrogens is 296 g/mol. The van der Waals surface area contributed by atoms with E-state index in [0.29, 0.717) is 11.9 Å². The molecule has 2 N–H and O–H groups in total. The van der Waals surface area contributed by atoms with Gasteiger partial charge in [-0.25, -0.2) is 9.97 Å². The van der Waals surface area contributed by atoms with Gasteiger partial charge in [-0.3, -0.25) is 0 Å². The van der Waals surface area contributed by atoms with Crippen LogP contribution in [0.25, 0.3) is 11.4 Å². The molecule has 0 aliphatic carbocycles. The van der Waals surface area contributed by atoms with Gasteiger partial charge in [0.25, 0.3) is 0 Å². The van der Waals surface area contributed by atoms with Crippen molar-refractivity contribution >= 4 is 17.3 Å². The fourth-order valence-corrected chi connectivity index (χ4v) is 2.33. The third-order valence-corrected chi connectivity index (χ3v) is 3.81. The van der Waals surface area contributed by atoms with E-state index in [1.54, 1.807) is 0 Å². The highest BCUT2D eigenvalue weighted by atomic mass is 15.1. The number of nitrogens with one attached hydrogen (secondary N) is 2. The van der Waals surface area contributed by atoms with Gasteiger partial charge in [-0.05, 0) is 25.5 Å². The predicted octanol–water partition coefficient (Wildman–Crippen LogP) is 5.10. The van der Waals surface area contributed by atoms with Crippen LogP contribution in [-0.2, 0) is 0 Å². The topological polar surface area (TPSA) is 49.8 Å². The summed E-state index contributed by atoms with van der Waals surface area (Å²) >= 11 is 0. The fourth-order valence-electron chi connectivity index (χ4n) is 2.33. The Balaban J connectivity index is 1.96. The van der Waals surface area contributed by atoms with Crippen molar-refractivity contribution in [3.8, 4) is 11.4 Å². The number of anilines is 3. The Hall–Kier alpha value is -2.88. The number of hydrogen-bond donors (Lipinski definition) is 2. The molecule has 24 heavy (non-hydrogen) atoms. The van der Waals surface area contributed by atoms with Gasteiger partial charge in [0.2, 0.25) is 0 Å². The number of aromatic nitrogens is 2. The molecule has 0 saturated heterocycles. The van der Waals surface area contributed by atoms with E-state index in [2.05, 4.69) is 34.4 Å². The SMILES string of the molecule is CCC(C)Nc1cc(Nc2ccccc2)nc(-c2ccccc2)n1. The standard InChI is InChI=1S/C20H22N4/c1-3-15(2)21-18-14-19(22-17-12-8-5-9-13-17)24-20(23-18)16-10-6-4-7-11-16/h4-15H,3H2,1-2H3,(H2,21,22,23,24). The molecule has 1 aromatic heterocycles. The maximum Gasteiger partial charge on any atom is 0.163 e. The van der Waals surface area contributed by atoms with Crippen LogP contribution in [-0.4, -0.2) is 16.0 Å².